The molecule has 0 fully saturated rings. The van der Waals surface area contributed by atoms with Gasteiger partial charge in [0.1, 0.15) is 5.58 Å². The maximum atomic E-state index is 11.4. The number of hydrogen-bond donors (Lipinski definition) is 2. The molecule has 1 heterocycles. The van der Waals surface area contributed by atoms with Crippen LogP contribution in [-0.4, -0.2) is 5.91 Å². The highest BCUT2D eigenvalue weighted by Gasteiger charge is 2.17. The number of primary amides is 1. The Hall–Kier alpha value is -2.75. The lowest BCUT2D eigenvalue weighted by Crippen LogP contribution is -2.11. The Balaban J connectivity index is 2.33. The van der Waals surface area contributed by atoms with Gasteiger partial charge in [0.2, 0.25) is 5.91 Å². The maximum Gasteiger partial charge on any atom is 0.249 e. The van der Waals surface area contributed by atoms with E-state index in [-0.39, 0.29) is 0 Å². The van der Waals surface area contributed by atoms with Crippen LogP contribution in [0.3, 0.4) is 0 Å². The molecule has 0 bridgehead atoms. The first-order valence-electron chi connectivity index (χ1n) is 5.84. The number of hydrogen-bond acceptors (Lipinski definition) is 3. The summed E-state index contributed by atoms with van der Waals surface area (Å²) in [6, 6.07) is 14.6. The van der Waals surface area contributed by atoms with E-state index in [0.29, 0.717) is 28.0 Å². The molecule has 3 aromatic rings. The Labute approximate surface area is 109 Å². The summed E-state index contributed by atoms with van der Waals surface area (Å²) in [7, 11) is 0. The first kappa shape index (κ1) is 11.3. The molecule has 4 heteroatoms. The first-order valence-corrected chi connectivity index (χ1v) is 5.84. The monoisotopic (exact) mass is 252 g/mol. The number of carbonyl (C=O) groups is 1. The van der Waals surface area contributed by atoms with Gasteiger partial charge in [0.15, 0.2) is 5.76 Å². The molecular formula is C15H12N2O2. The van der Waals surface area contributed by atoms with Crippen molar-refractivity contribution in [3.63, 3.8) is 0 Å². The largest absolute Gasteiger partial charge is 0.454 e. The van der Waals surface area contributed by atoms with E-state index < -0.39 is 5.91 Å². The SMILES string of the molecule is NC(=O)c1cccc2oc(-c3ccccc3)c(N)c12. The van der Waals surface area contributed by atoms with Gasteiger partial charge in [0, 0.05) is 5.56 Å². The van der Waals surface area contributed by atoms with E-state index in [4.69, 9.17) is 15.9 Å². The van der Waals surface area contributed by atoms with E-state index in [1.807, 2.05) is 30.3 Å². The minimum absolute atomic E-state index is 0.376. The zero-order chi connectivity index (χ0) is 13.4. The molecular weight excluding hydrogens is 240 g/mol. The number of furan rings is 1. The zero-order valence-electron chi connectivity index (χ0n) is 10.1. The molecule has 0 aliphatic carbocycles. The molecule has 1 aromatic heterocycles. The van der Waals surface area contributed by atoms with Crippen LogP contribution < -0.4 is 11.5 Å². The summed E-state index contributed by atoms with van der Waals surface area (Å²) in [5.74, 6) is 0.0435. The highest BCUT2D eigenvalue weighted by atomic mass is 16.3. The van der Waals surface area contributed by atoms with Gasteiger partial charge in [-0.2, -0.15) is 0 Å². The second-order valence-electron chi connectivity index (χ2n) is 4.25. The normalized spacial score (nSPS) is 10.7. The quantitative estimate of drug-likeness (QED) is 0.735. The highest BCUT2D eigenvalue weighted by molar-refractivity contribution is 6.12. The molecule has 0 saturated heterocycles. The summed E-state index contributed by atoms with van der Waals surface area (Å²) in [6.07, 6.45) is 0. The Morgan fingerprint density at radius 2 is 1.74 bits per heavy atom. The van der Waals surface area contributed by atoms with E-state index in [1.165, 1.54) is 0 Å². The van der Waals surface area contributed by atoms with Crippen LogP contribution in [-0.2, 0) is 0 Å². The van der Waals surface area contributed by atoms with Gasteiger partial charge in [0.25, 0.3) is 0 Å². The van der Waals surface area contributed by atoms with Crippen LogP contribution in [0, 0.1) is 0 Å². The van der Waals surface area contributed by atoms with Gasteiger partial charge >= 0.3 is 0 Å². The van der Waals surface area contributed by atoms with Gasteiger partial charge in [-0.3, -0.25) is 4.79 Å². The topological polar surface area (TPSA) is 82.2 Å². The van der Waals surface area contributed by atoms with Crippen molar-refractivity contribution in [3.05, 3.63) is 54.1 Å². The van der Waals surface area contributed by atoms with E-state index >= 15 is 0 Å². The van der Waals surface area contributed by atoms with E-state index in [9.17, 15) is 4.79 Å². The molecule has 0 radical (unpaired) electrons. The maximum absolute atomic E-state index is 11.4. The number of amides is 1. The van der Waals surface area contributed by atoms with Crippen molar-refractivity contribution >= 4 is 22.6 Å². The molecule has 4 N–H and O–H groups in total. The third-order valence-electron chi connectivity index (χ3n) is 3.05. The molecule has 0 aliphatic rings. The fraction of sp³-hybridized carbons (Fsp3) is 0. The number of rotatable bonds is 2. The fourth-order valence-electron chi connectivity index (χ4n) is 2.18. The van der Waals surface area contributed by atoms with E-state index in [1.54, 1.807) is 18.2 Å². The number of benzene rings is 2. The Morgan fingerprint density at radius 3 is 2.42 bits per heavy atom. The van der Waals surface area contributed by atoms with Crippen molar-refractivity contribution in [2.24, 2.45) is 5.73 Å². The summed E-state index contributed by atoms with van der Waals surface area (Å²) in [5, 5.41) is 0.578. The molecule has 0 atom stereocenters. The van der Waals surface area contributed by atoms with E-state index in [2.05, 4.69) is 0 Å². The van der Waals surface area contributed by atoms with Crippen molar-refractivity contribution in [1.29, 1.82) is 0 Å². The van der Waals surface area contributed by atoms with Crippen LogP contribution in [0.1, 0.15) is 10.4 Å². The van der Waals surface area contributed by atoms with Crippen LogP contribution in [0.15, 0.2) is 52.9 Å². The molecule has 4 nitrogen and oxygen atoms in total. The second-order valence-corrected chi connectivity index (χ2v) is 4.25. The summed E-state index contributed by atoms with van der Waals surface area (Å²) < 4.78 is 5.74. The number of fused-ring (bicyclic) bond motifs is 1. The van der Waals surface area contributed by atoms with Crippen LogP contribution in [0.4, 0.5) is 5.69 Å². The Bertz CT molecular complexity index is 760. The average Bonchev–Trinajstić information content (AvgIpc) is 2.77. The lowest BCUT2D eigenvalue weighted by atomic mass is 10.1. The number of nitrogen functional groups attached to an aromatic ring is 1. The molecule has 1 amide bonds. The summed E-state index contributed by atoms with van der Waals surface area (Å²) in [6.45, 7) is 0. The van der Waals surface area contributed by atoms with Gasteiger partial charge in [-0.25, -0.2) is 0 Å². The Morgan fingerprint density at radius 1 is 1.00 bits per heavy atom. The van der Waals surface area contributed by atoms with Gasteiger partial charge in [-0.1, -0.05) is 36.4 Å². The molecule has 94 valence electrons. The lowest BCUT2D eigenvalue weighted by Gasteiger charge is -1.99. The van der Waals surface area contributed by atoms with Crippen LogP contribution >= 0.6 is 0 Å². The van der Waals surface area contributed by atoms with Crippen molar-refractivity contribution in [1.82, 2.24) is 0 Å². The first-order chi connectivity index (χ1) is 9.18. The third-order valence-corrected chi connectivity index (χ3v) is 3.05. The van der Waals surface area contributed by atoms with Crippen molar-refractivity contribution in [3.8, 4) is 11.3 Å². The number of anilines is 1. The smallest absolute Gasteiger partial charge is 0.249 e. The van der Waals surface area contributed by atoms with Gasteiger partial charge in [-0.15, -0.1) is 0 Å². The van der Waals surface area contributed by atoms with Crippen molar-refractivity contribution in [2.45, 2.75) is 0 Å². The predicted molar refractivity (Wildman–Crippen MR) is 74.6 cm³/mol. The molecule has 2 aromatic carbocycles. The third kappa shape index (κ3) is 1.74. The molecule has 0 spiro atoms. The van der Waals surface area contributed by atoms with Gasteiger partial charge in [-0.05, 0) is 12.1 Å². The average molecular weight is 252 g/mol. The highest BCUT2D eigenvalue weighted by Crippen LogP contribution is 2.37. The van der Waals surface area contributed by atoms with E-state index in [0.717, 1.165) is 5.56 Å². The van der Waals surface area contributed by atoms with Crippen molar-refractivity contribution in [2.75, 3.05) is 5.73 Å². The predicted octanol–water partition coefficient (Wildman–Crippen LogP) is 2.78. The summed E-state index contributed by atoms with van der Waals surface area (Å²) in [5.41, 5.74) is 13.7. The minimum atomic E-state index is -0.516. The van der Waals surface area contributed by atoms with Crippen LogP contribution in [0.5, 0.6) is 0 Å². The number of carbonyl (C=O) groups excluding carboxylic acids is 1. The standard InChI is InChI=1S/C15H12N2O2/c16-13-12-10(15(17)18)7-4-8-11(12)19-14(13)9-5-2-1-3-6-9/h1-8H,16H2,(H2,17,18). The van der Waals surface area contributed by atoms with Crippen LogP contribution in [0.2, 0.25) is 0 Å². The second kappa shape index (κ2) is 4.17. The minimum Gasteiger partial charge on any atom is -0.454 e. The fourth-order valence-corrected chi connectivity index (χ4v) is 2.18. The summed E-state index contributed by atoms with van der Waals surface area (Å²) in [4.78, 5) is 11.4. The van der Waals surface area contributed by atoms with Crippen molar-refractivity contribution < 1.29 is 9.21 Å². The van der Waals surface area contributed by atoms with Gasteiger partial charge < -0.3 is 15.9 Å². The molecule has 3 rings (SSSR count). The van der Waals surface area contributed by atoms with Gasteiger partial charge in [0.05, 0.1) is 16.6 Å². The molecule has 0 aliphatic heterocycles. The van der Waals surface area contributed by atoms with Crippen LogP contribution in [0.25, 0.3) is 22.3 Å². The molecule has 19 heavy (non-hydrogen) atoms. The molecule has 0 unspecified atom stereocenters. The lowest BCUT2D eigenvalue weighted by molar-refractivity contribution is 0.100. The Kier molecular flexibility index (Phi) is 2.49. The summed E-state index contributed by atoms with van der Waals surface area (Å²) >= 11 is 0. The number of nitrogens with two attached hydrogens (primary N) is 2. The molecule has 0 saturated carbocycles. The zero-order valence-corrected chi connectivity index (χ0v) is 10.1.